The number of rotatable bonds is 10. The first-order valence-corrected chi connectivity index (χ1v) is 10.5. The summed E-state index contributed by atoms with van der Waals surface area (Å²) in [4.78, 5) is 10.6. The number of hydrogen-bond donors (Lipinski definition) is 1. The van der Waals surface area contributed by atoms with Gasteiger partial charge in [0.15, 0.2) is 0 Å². The zero-order valence-corrected chi connectivity index (χ0v) is 15.5. The maximum atomic E-state index is 11.9. The summed E-state index contributed by atoms with van der Waals surface area (Å²) >= 11 is 0. The van der Waals surface area contributed by atoms with Gasteiger partial charge < -0.3 is 9.47 Å². The van der Waals surface area contributed by atoms with Gasteiger partial charge in [-0.25, -0.2) is 13.1 Å². The summed E-state index contributed by atoms with van der Waals surface area (Å²) in [6.07, 6.45) is 5.87. The number of carbonyl (C=O) groups is 1. The Labute approximate surface area is 150 Å². The highest BCUT2D eigenvalue weighted by Crippen LogP contribution is 2.24. The van der Waals surface area contributed by atoms with Crippen molar-refractivity contribution in [1.82, 2.24) is 4.72 Å². The summed E-state index contributed by atoms with van der Waals surface area (Å²) in [6.45, 7) is 1.76. The van der Waals surface area contributed by atoms with Crippen LogP contribution in [0.2, 0.25) is 0 Å². The van der Waals surface area contributed by atoms with Gasteiger partial charge in [-0.3, -0.25) is 4.79 Å². The predicted octanol–water partition coefficient (Wildman–Crippen LogP) is 2.42. The Bertz CT molecular complexity index is 653. The summed E-state index contributed by atoms with van der Waals surface area (Å²) in [5.74, 6) is 0.407. The van der Waals surface area contributed by atoms with Gasteiger partial charge in [-0.1, -0.05) is 12.1 Å². The summed E-state index contributed by atoms with van der Waals surface area (Å²) in [6, 6.07) is 7.83. The topological polar surface area (TPSA) is 81.7 Å². The van der Waals surface area contributed by atoms with Crippen LogP contribution in [0.5, 0.6) is 5.75 Å². The third-order valence-corrected chi connectivity index (χ3v) is 5.57. The van der Waals surface area contributed by atoms with Crippen LogP contribution in [-0.4, -0.2) is 39.4 Å². The number of benzene rings is 1. The van der Waals surface area contributed by atoms with Crippen molar-refractivity contribution in [2.75, 3.05) is 18.9 Å². The third kappa shape index (κ3) is 7.88. The third-order valence-electron chi connectivity index (χ3n) is 4.10. The van der Waals surface area contributed by atoms with E-state index in [0.717, 1.165) is 24.2 Å². The molecule has 1 fully saturated rings. The van der Waals surface area contributed by atoms with Crippen molar-refractivity contribution >= 4 is 16.0 Å². The minimum absolute atomic E-state index is 0.0505. The van der Waals surface area contributed by atoms with Crippen molar-refractivity contribution < 1.29 is 22.7 Å². The van der Waals surface area contributed by atoms with Gasteiger partial charge in [-0.05, 0) is 56.2 Å². The lowest BCUT2D eigenvalue weighted by molar-refractivity contribution is -0.140. The standard InChI is InChI=1S/C18H27NO5S/c1-15(20)23-12-5-13-25(21,22)19-11-10-16-6-4-9-18(14-16)24-17-7-2-3-8-17/h4,6,9,14,17,19H,2-3,5,7-8,10-13H2,1H3. The summed E-state index contributed by atoms with van der Waals surface area (Å²) in [7, 11) is -3.35. The van der Waals surface area contributed by atoms with Crippen LogP contribution in [0.4, 0.5) is 0 Å². The maximum absolute atomic E-state index is 11.9. The molecule has 1 N–H and O–H groups in total. The highest BCUT2D eigenvalue weighted by atomic mass is 32.2. The van der Waals surface area contributed by atoms with Crippen molar-refractivity contribution in [1.29, 1.82) is 0 Å². The largest absolute Gasteiger partial charge is 0.490 e. The van der Waals surface area contributed by atoms with Crippen LogP contribution in [0, 0.1) is 0 Å². The molecule has 0 bridgehead atoms. The number of hydrogen-bond acceptors (Lipinski definition) is 5. The van der Waals surface area contributed by atoms with E-state index in [2.05, 4.69) is 4.72 Å². The first-order chi connectivity index (χ1) is 11.9. The van der Waals surface area contributed by atoms with E-state index in [-0.39, 0.29) is 12.4 Å². The molecule has 0 spiro atoms. The van der Waals surface area contributed by atoms with Crippen molar-refractivity contribution in [3.8, 4) is 5.75 Å². The average molecular weight is 369 g/mol. The van der Waals surface area contributed by atoms with E-state index in [1.807, 2.05) is 24.3 Å². The lowest BCUT2D eigenvalue weighted by atomic mass is 10.1. The predicted molar refractivity (Wildman–Crippen MR) is 96.1 cm³/mol. The van der Waals surface area contributed by atoms with Gasteiger partial charge >= 0.3 is 5.97 Å². The Morgan fingerprint density at radius 2 is 2.04 bits per heavy atom. The molecule has 140 valence electrons. The zero-order valence-electron chi connectivity index (χ0n) is 14.7. The molecule has 6 nitrogen and oxygen atoms in total. The Balaban J connectivity index is 1.72. The quantitative estimate of drug-likeness (QED) is 0.506. The van der Waals surface area contributed by atoms with Crippen LogP contribution < -0.4 is 9.46 Å². The van der Waals surface area contributed by atoms with E-state index in [1.165, 1.54) is 19.8 Å². The fourth-order valence-electron chi connectivity index (χ4n) is 2.86. The molecule has 1 saturated carbocycles. The minimum Gasteiger partial charge on any atom is -0.490 e. The van der Waals surface area contributed by atoms with Crippen LogP contribution in [0.1, 0.15) is 44.6 Å². The molecule has 1 aliphatic carbocycles. The van der Waals surface area contributed by atoms with Crippen molar-refractivity contribution in [2.24, 2.45) is 0 Å². The van der Waals surface area contributed by atoms with E-state index >= 15 is 0 Å². The van der Waals surface area contributed by atoms with E-state index in [9.17, 15) is 13.2 Å². The molecule has 2 rings (SSSR count). The van der Waals surface area contributed by atoms with Gasteiger partial charge in [0.05, 0.1) is 18.5 Å². The number of esters is 1. The van der Waals surface area contributed by atoms with Crippen molar-refractivity contribution in [2.45, 2.75) is 51.6 Å². The molecule has 0 radical (unpaired) electrons. The fraction of sp³-hybridized carbons (Fsp3) is 0.611. The van der Waals surface area contributed by atoms with Gasteiger partial charge in [0.1, 0.15) is 5.75 Å². The summed E-state index contributed by atoms with van der Waals surface area (Å²) in [5, 5.41) is 0. The lowest BCUT2D eigenvalue weighted by Crippen LogP contribution is -2.29. The molecule has 0 unspecified atom stereocenters. The first-order valence-electron chi connectivity index (χ1n) is 8.81. The molecule has 0 heterocycles. The molecule has 1 aromatic carbocycles. The molecule has 25 heavy (non-hydrogen) atoms. The Morgan fingerprint density at radius 3 is 2.76 bits per heavy atom. The second-order valence-corrected chi connectivity index (χ2v) is 8.25. The maximum Gasteiger partial charge on any atom is 0.302 e. The fourth-order valence-corrected chi connectivity index (χ4v) is 3.92. The van der Waals surface area contributed by atoms with E-state index in [0.29, 0.717) is 25.5 Å². The molecule has 0 aliphatic heterocycles. The summed E-state index contributed by atoms with van der Waals surface area (Å²) in [5.41, 5.74) is 1.04. The second kappa shape index (κ2) is 9.77. The molecular formula is C18H27NO5S. The molecule has 0 aromatic heterocycles. The van der Waals surface area contributed by atoms with Gasteiger partial charge in [0, 0.05) is 13.5 Å². The molecule has 1 aromatic rings. The van der Waals surface area contributed by atoms with E-state index in [4.69, 9.17) is 9.47 Å². The molecule has 0 atom stereocenters. The van der Waals surface area contributed by atoms with Crippen molar-refractivity contribution in [3.05, 3.63) is 29.8 Å². The lowest BCUT2D eigenvalue weighted by Gasteiger charge is -2.14. The molecule has 1 aliphatic rings. The molecule has 7 heteroatoms. The minimum atomic E-state index is -3.35. The van der Waals surface area contributed by atoms with Crippen molar-refractivity contribution in [3.63, 3.8) is 0 Å². The number of carbonyl (C=O) groups excluding carboxylic acids is 1. The highest BCUT2D eigenvalue weighted by Gasteiger charge is 2.16. The van der Waals surface area contributed by atoms with Crippen LogP contribution >= 0.6 is 0 Å². The Morgan fingerprint density at radius 1 is 1.28 bits per heavy atom. The second-order valence-electron chi connectivity index (χ2n) is 6.33. The SMILES string of the molecule is CC(=O)OCCCS(=O)(=O)NCCc1cccc(OC2CCCC2)c1. The molecule has 0 saturated heterocycles. The van der Waals surface area contributed by atoms with Crippen LogP contribution in [-0.2, 0) is 26.0 Å². The first kappa shape index (κ1) is 19.7. The normalized spacial score (nSPS) is 15.2. The number of sulfonamides is 1. The van der Waals surface area contributed by atoms with Gasteiger partial charge in [0.2, 0.25) is 10.0 Å². The monoisotopic (exact) mass is 369 g/mol. The average Bonchev–Trinajstić information content (AvgIpc) is 3.05. The van der Waals surface area contributed by atoms with E-state index < -0.39 is 16.0 Å². The van der Waals surface area contributed by atoms with Crippen LogP contribution in [0.3, 0.4) is 0 Å². The number of ether oxygens (including phenoxy) is 2. The summed E-state index contributed by atoms with van der Waals surface area (Å²) < 4.78 is 37.1. The highest BCUT2D eigenvalue weighted by molar-refractivity contribution is 7.89. The Hall–Kier alpha value is -1.60. The molecular weight excluding hydrogens is 342 g/mol. The molecule has 0 amide bonds. The number of nitrogens with one attached hydrogen (secondary N) is 1. The zero-order chi connectivity index (χ0) is 18.1. The van der Waals surface area contributed by atoms with Gasteiger partial charge in [-0.2, -0.15) is 0 Å². The Kier molecular flexibility index (Phi) is 7.71. The van der Waals surface area contributed by atoms with E-state index in [1.54, 1.807) is 0 Å². The van der Waals surface area contributed by atoms with Gasteiger partial charge in [-0.15, -0.1) is 0 Å². The van der Waals surface area contributed by atoms with Gasteiger partial charge in [0.25, 0.3) is 0 Å². The van der Waals surface area contributed by atoms with Crippen LogP contribution in [0.15, 0.2) is 24.3 Å². The van der Waals surface area contributed by atoms with Crippen LogP contribution in [0.25, 0.3) is 0 Å². The smallest absolute Gasteiger partial charge is 0.302 e.